The Hall–Kier alpha value is -3.43. The molecule has 0 aliphatic carbocycles. The highest BCUT2D eigenvalue weighted by molar-refractivity contribution is 7.92. The highest BCUT2D eigenvalue weighted by Gasteiger charge is 2.38. The summed E-state index contributed by atoms with van der Waals surface area (Å²) in [5, 5.41) is 3.38. The summed E-state index contributed by atoms with van der Waals surface area (Å²) in [6.45, 7) is 6.38. The molecule has 3 aromatic carbocycles. The number of halogens is 1. The zero-order valence-corrected chi connectivity index (χ0v) is 23.3. The Balaban J connectivity index is 1.55. The first kappa shape index (κ1) is 27.6. The Morgan fingerprint density at radius 3 is 2.34 bits per heavy atom. The summed E-state index contributed by atoms with van der Waals surface area (Å²) in [4.78, 5) is 13.1. The lowest BCUT2D eigenvalue weighted by molar-refractivity contribution is -0.127. The molecule has 1 aliphatic heterocycles. The third kappa shape index (κ3) is 6.16. The molecule has 0 aromatic heterocycles. The van der Waals surface area contributed by atoms with Crippen molar-refractivity contribution >= 4 is 33.2 Å². The molecule has 1 heterocycles. The van der Waals surface area contributed by atoms with E-state index in [1.54, 1.807) is 42.5 Å². The van der Waals surface area contributed by atoms with Gasteiger partial charge < -0.3 is 19.5 Å². The van der Waals surface area contributed by atoms with Crippen molar-refractivity contribution in [1.29, 1.82) is 0 Å². The normalized spacial score (nSPS) is 15.3. The van der Waals surface area contributed by atoms with Crippen LogP contribution in [0, 0.1) is 0 Å². The number of nitrogens with zero attached hydrogens (tertiary/aromatic N) is 1. The van der Waals surface area contributed by atoms with Crippen LogP contribution in [0.1, 0.15) is 26.3 Å². The Morgan fingerprint density at radius 1 is 1.05 bits per heavy atom. The summed E-state index contributed by atoms with van der Waals surface area (Å²) in [6.07, 6.45) is -1.05. The van der Waals surface area contributed by atoms with Crippen molar-refractivity contribution in [2.75, 3.05) is 31.1 Å². The van der Waals surface area contributed by atoms with Gasteiger partial charge in [0.05, 0.1) is 30.8 Å². The summed E-state index contributed by atoms with van der Waals surface area (Å²) >= 11 is 5.88. The van der Waals surface area contributed by atoms with Crippen molar-refractivity contribution in [1.82, 2.24) is 5.32 Å². The minimum Gasteiger partial charge on any atom is -0.497 e. The Morgan fingerprint density at radius 2 is 1.71 bits per heavy atom. The van der Waals surface area contributed by atoms with E-state index in [0.29, 0.717) is 28.0 Å². The first-order valence-corrected chi connectivity index (χ1v) is 13.9. The van der Waals surface area contributed by atoms with Crippen LogP contribution in [0.25, 0.3) is 0 Å². The molecule has 1 atom stereocenters. The van der Waals surface area contributed by atoms with Gasteiger partial charge in [-0.25, -0.2) is 8.42 Å². The lowest BCUT2D eigenvalue weighted by Gasteiger charge is -2.36. The third-order valence-electron chi connectivity index (χ3n) is 6.12. The van der Waals surface area contributed by atoms with Gasteiger partial charge in [0, 0.05) is 5.02 Å². The van der Waals surface area contributed by atoms with E-state index in [0.717, 1.165) is 5.56 Å². The van der Waals surface area contributed by atoms with Crippen LogP contribution in [-0.2, 0) is 20.2 Å². The second kappa shape index (κ2) is 11.1. The summed E-state index contributed by atoms with van der Waals surface area (Å²) in [5.41, 5.74) is 1.11. The predicted octanol–water partition coefficient (Wildman–Crippen LogP) is 4.80. The fourth-order valence-corrected chi connectivity index (χ4v) is 5.54. The second-order valence-corrected chi connectivity index (χ2v) is 12.1. The van der Waals surface area contributed by atoms with Crippen molar-refractivity contribution < 1.29 is 27.4 Å². The van der Waals surface area contributed by atoms with Crippen molar-refractivity contribution in [2.45, 2.75) is 37.2 Å². The van der Waals surface area contributed by atoms with E-state index in [1.165, 1.54) is 23.5 Å². The molecule has 8 nitrogen and oxygen atoms in total. The number of ether oxygens (including phenoxy) is 3. The van der Waals surface area contributed by atoms with Crippen LogP contribution in [0.15, 0.2) is 71.6 Å². The molecule has 1 amide bonds. The van der Waals surface area contributed by atoms with E-state index in [2.05, 4.69) is 5.32 Å². The number of hydrogen-bond acceptors (Lipinski definition) is 6. The molecule has 3 aromatic rings. The SMILES string of the molecule is COc1ccc(S(=O)(=O)N2C[C@@H](C(=O)NCCOc3ccc(Cl)cc3)Oc3ccc(C(C)(C)C)cc32)cc1. The predicted molar refractivity (Wildman–Crippen MR) is 147 cm³/mol. The summed E-state index contributed by atoms with van der Waals surface area (Å²) in [5.74, 6) is 1.04. The lowest BCUT2D eigenvalue weighted by atomic mass is 9.86. The zero-order valence-electron chi connectivity index (χ0n) is 21.7. The van der Waals surface area contributed by atoms with Crippen molar-refractivity contribution in [3.63, 3.8) is 0 Å². The van der Waals surface area contributed by atoms with Crippen LogP contribution in [0.3, 0.4) is 0 Å². The molecule has 0 unspecified atom stereocenters. The van der Waals surface area contributed by atoms with Crippen LogP contribution in [-0.4, -0.2) is 47.2 Å². The van der Waals surface area contributed by atoms with Gasteiger partial charge in [-0.05, 0) is 71.6 Å². The highest BCUT2D eigenvalue weighted by Crippen LogP contribution is 2.40. The van der Waals surface area contributed by atoms with Gasteiger partial charge in [-0.3, -0.25) is 9.10 Å². The van der Waals surface area contributed by atoms with Gasteiger partial charge in [-0.1, -0.05) is 38.4 Å². The number of hydrogen-bond donors (Lipinski definition) is 1. The van der Waals surface area contributed by atoms with Crippen molar-refractivity contribution in [2.24, 2.45) is 0 Å². The molecule has 1 aliphatic rings. The van der Waals surface area contributed by atoms with Crippen LogP contribution < -0.4 is 23.8 Å². The summed E-state index contributed by atoms with van der Waals surface area (Å²) in [7, 11) is -2.50. The van der Waals surface area contributed by atoms with E-state index < -0.39 is 22.0 Å². The van der Waals surface area contributed by atoms with E-state index in [-0.39, 0.29) is 30.0 Å². The standard InChI is InChI=1S/C28H31ClN2O6S/c1-28(2,3)19-5-14-25-24(17-19)31(38(33,34)23-12-10-21(35-4)11-13-23)18-26(37-25)27(32)30-15-16-36-22-8-6-20(29)7-9-22/h5-14,17,26H,15-16,18H2,1-4H3,(H,30,32)/t26-/m0/s1. The number of nitrogens with one attached hydrogen (secondary N) is 1. The highest BCUT2D eigenvalue weighted by atomic mass is 35.5. The minimum absolute atomic E-state index is 0.0860. The van der Waals surface area contributed by atoms with Gasteiger partial charge in [0.2, 0.25) is 0 Å². The van der Waals surface area contributed by atoms with Gasteiger partial charge in [-0.2, -0.15) is 0 Å². The molecule has 0 fully saturated rings. The molecule has 4 rings (SSSR count). The summed E-state index contributed by atoms with van der Waals surface area (Å²) in [6, 6.07) is 18.5. The van der Waals surface area contributed by atoms with Gasteiger partial charge in [0.25, 0.3) is 15.9 Å². The number of rotatable bonds is 8. The summed E-state index contributed by atoms with van der Waals surface area (Å²) < 4.78 is 45.6. The molecule has 0 saturated heterocycles. The lowest BCUT2D eigenvalue weighted by Crippen LogP contribution is -2.51. The van der Waals surface area contributed by atoms with Crippen LogP contribution >= 0.6 is 11.6 Å². The number of amides is 1. The topological polar surface area (TPSA) is 94.2 Å². The van der Waals surface area contributed by atoms with Crippen LogP contribution in [0.5, 0.6) is 17.2 Å². The first-order chi connectivity index (χ1) is 18.0. The number of fused-ring (bicyclic) bond motifs is 1. The maximum Gasteiger partial charge on any atom is 0.264 e. The zero-order chi connectivity index (χ0) is 27.5. The second-order valence-electron chi connectivity index (χ2n) is 9.84. The number of benzene rings is 3. The number of carbonyl (C=O) groups excluding carboxylic acids is 1. The maximum absolute atomic E-state index is 13.8. The van der Waals surface area contributed by atoms with Gasteiger partial charge in [-0.15, -0.1) is 0 Å². The molecule has 10 heteroatoms. The van der Waals surface area contributed by atoms with Crippen molar-refractivity contribution in [3.05, 3.63) is 77.3 Å². The average Bonchev–Trinajstić information content (AvgIpc) is 2.90. The molecular weight excluding hydrogens is 528 g/mol. The molecule has 1 N–H and O–H groups in total. The number of carbonyl (C=O) groups is 1. The molecular formula is C28H31ClN2O6S. The first-order valence-electron chi connectivity index (χ1n) is 12.1. The Labute approximate surface area is 228 Å². The fourth-order valence-electron chi connectivity index (χ4n) is 3.94. The van der Waals surface area contributed by atoms with Gasteiger partial charge in [0.15, 0.2) is 6.10 Å². The van der Waals surface area contributed by atoms with Crippen LogP contribution in [0.4, 0.5) is 5.69 Å². The van der Waals surface area contributed by atoms with E-state index in [1.807, 2.05) is 32.9 Å². The van der Waals surface area contributed by atoms with E-state index in [9.17, 15) is 13.2 Å². The molecule has 202 valence electrons. The average molecular weight is 559 g/mol. The maximum atomic E-state index is 13.8. The molecule has 0 saturated carbocycles. The minimum atomic E-state index is -4.01. The van der Waals surface area contributed by atoms with Gasteiger partial charge in [0.1, 0.15) is 23.9 Å². The number of methoxy groups -OCH3 is 1. The van der Waals surface area contributed by atoms with Crippen LogP contribution in [0.2, 0.25) is 5.02 Å². The molecule has 0 spiro atoms. The Kier molecular flexibility index (Phi) is 8.08. The number of sulfonamides is 1. The van der Waals surface area contributed by atoms with E-state index in [4.69, 9.17) is 25.8 Å². The molecule has 0 radical (unpaired) electrons. The van der Waals surface area contributed by atoms with Gasteiger partial charge >= 0.3 is 0 Å². The third-order valence-corrected chi connectivity index (χ3v) is 8.16. The van der Waals surface area contributed by atoms with E-state index >= 15 is 0 Å². The number of anilines is 1. The fraction of sp³-hybridized carbons (Fsp3) is 0.321. The van der Waals surface area contributed by atoms with Crippen molar-refractivity contribution in [3.8, 4) is 17.2 Å². The molecule has 0 bridgehead atoms. The molecule has 38 heavy (non-hydrogen) atoms. The quantitative estimate of drug-likeness (QED) is 0.399. The monoisotopic (exact) mass is 558 g/mol. The Bertz CT molecular complexity index is 1390. The largest absolute Gasteiger partial charge is 0.497 e. The smallest absolute Gasteiger partial charge is 0.264 e.